The van der Waals surface area contributed by atoms with Crippen LogP contribution in [0.1, 0.15) is 31.0 Å². The lowest BCUT2D eigenvalue weighted by Gasteiger charge is -2.36. The van der Waals surface area contributed by atoms with Crippen molar-refractivity contribution in [3.8, 4) is 0 Å². The van der Waals surface area contributed by atoms with Crippen LogP contribution in [0.2, 0.25) is 0 Å². The maximum absolute atomic E-state index is 12.8. The first-order chi connectivity index (χ1) is 11.4. The molecule has 8 nitrogen and oxygen atoms in total. The number of hydrogen-bond acceptors (Lipinski definition) is 5. The Labute approximate surface area is 142 Å². The van der Waals surface area contributed by atoms with E-state index in [-0.39, 0.29) is 17.9 Å². The van der Waals surface area contributed by atoms with Crippen LogP contribution in [-0.4, -0.2) is 61.6 Å². The van der Waals surface area contributed by atoms with Gasteiger partial charge < -0.3 is 9.64 Å². The van der Waals surface area contributed by atoms with Crippen LogP contribution in [0.5, 0.6) is 0 Å². The number of ether oxygens (including phenoxy) is 1. The number of rotatable bonds is 5. The van der Waals surface area contributed by atoms with Crippen molar-refractivity contribution >= 4 is 15.9 Å². The lowest BCUT2D eigenvalue weighted by Crippen LogP contribution is -2.45. The molecule has 1 amide bonds. The van der Waals surface area contributed by atoms with Crippen molar-refractivity contribution in [2.75, 3.05) is 32.6 Å². The Morgan fingerprint density at radius 3 is 2.88 bits per heavy atom. The lowest BCUT2D eigenvalue weighted by atomic mass is 9.97. The van der Waals surface area contributed by atoms with Gasteiger partial charge in [0.25, 0.3) is 0 Å². The quantitative estimate of drug-likeness (QED) is 0.809. The Balaban J connectivity index is 1.67. The summed E-state index contributed by atoms with van der Waals surface area (Å²) in [5, 5.41) is 4.34. The van der Waals surface area contributed by atoms with Gasteiger partial charge in [-0.2, -0.15) is 5.10 Å². The largest absolute Gasteiger partial charge is 0.381 e. The molecule has 0 spiro atoms. The molecule has 1 unspecified atom stereocenters. The van der Waals surface area contributed by atoms with Gasteiger partial charge in [-0.3, -0.25) is 9.48 Å². The molecule has 2 aliphatic rings. The molecule has 1 fully saturated rings. The predicted octanol–water partition coefficient (Wildman–Crippen LogP) is 0.132. The average molecular weight is 356 g/mol. The smallest absolute Gasteiger partial charge is 0.226 e. The molecule has 3 heterocycles. The van der Waals surface area contributed by atoms with Gasteiger partial charge in [0.2, 0.25) is 15.9 Å². The Morgan fingerprint density at radius 1 is 1.42 bits per heavy atom. The molecule has 134 valence electrons. The number of nitrogens with zero attached hydrogens (tertiary/aromatic N) is 3. The number of sulfonamides is 1. The molecule has 0 aromatic carbocycles. The fourth-order valence-electron chi connectivity index (χ4n) is 3.38. The van der Waals surface area contributed by atoms with E-state index < -0.39 is 10.0 Å². The Bertz CT molecular complexity index is 681. The zero-order valence-electron chi connectivity index (χ0n) is 13.8. The van der Waals surface area contributed by atoms with Gasteiger partial charge >= 0.3 is 0 Å². The van der Waals surface area contributed by atoms with Crippen LogP contribution in [0.15, 0.2) is 12.3 Å². The molecule has 0 saturated carbocycles. The van der Waals surface area contributed by atoms with E-state index in [4.69, 9.17) is 4.74 Å². The van der Waals surface area contributed by atoms with E-state index >= 15 is 0 Å². The normalized spacial score (nSPS) is 22.4. The van der Waals surface area contributed by atoms with Crippen molar-refractivity contribution in [3.63, 3.8) is 0 Å². The molecule has 2 aliphatic heterocycles. The average Bonchev–Trinajstić information content (AvgIpc) is 3.02. The molecule has 1 N–H and O–H groups in total. The van der Waals surface area contributed by atoms with Crippen molar-refractivity contribution < 1.29 is 17.9 Å². The number of carbonyl (C=O) groups excluding carboxylic acids is 1. The van der Waals surface area contributed by atoms with Crippen LogP contribution in [0.25, 0.3) is 0 Å². The topological polar surface area (TPSA) is 93.5 Å². The minimum absolute atomic E-state index is 0.0122. The molecule has 1 aromatic heterocycles. The number of nitrogens with one attached hydrogen (secondary N) is 1. The van der Waals surface area contributed by atoms with Crippen LogP contribution in [0, 0.1) is 5.92 Å². The van der Waals surface area contributed by atoms with Crippen molar-refractivity contribution in [1.29, 1.82) is 0 Å². The SMILES string of the molecule is CS(=O)(=O)NCCC1CN(C(=O)C2CCOCC2)Cc2ccnn21. The van der Waals surface area contributed by atoms with E-state index in [9.17, 15) is 13.2 Å². The number of hydrogen-bond donors (Lipinski definition) is 1. The third-order valence-corrected chi connectivity index (χ3v) is 5.33. The van der Waals surface area contributed by atoms with E-state index in [0.717, 1.165) is 24.8 Å². The Morgan fingerprint density at radius 2 is 2.17 bits per heavy atom. The highest BCUT2D eigenvalue weighted by Crippen LogP contribution is 2.26. The first kappa shape index (κ1) is 17.4. The number of carbonyl (C=O) groups is 1. The number of fused-ring (bicyclic) bond motifs is 1. The van der Waals surface area contributed by atoms with Gasteiger partial charge in [0.15, 0.2) is 0 Å². The summed E-state index contributed by atoms with van der Waals surface area (Å²) in [6.07, 6.45) is 5.02. The highest BCUT2D eigenvalue weighted by atomic mass is 32.2. The Kier molecular flexibility index (Phi) is 5.21. The zero-order chi connectivity index (χ0) is 17.2. The number of amides is 1. The predicted molar refractivity (Wildman–Crippen MR) is 87.7 cm³/mol. The summed E-state index contributed by atoms with van der Waals surface area (Å²) < 4.78 is 32.2. The van der Waals surface area contributed by atoms with Crippen molar-refractivity contribution in [2.45, 2.75) is 31.8 Å². The molecule has 1 atom stereocenters. The van der Waals surface area contributed by atoms with Crippen LogP contribution >= 0.6 is 0 Å². The third kappa shape index (κ3) is 4.14. The van der Waals surface area contributed by atoms with Crippen LogP contribution < -0.4 is 4.72 Å². The van der Waals surface area contributed by atoms with Gasteiger partial charge in [0.1, 0.15) is 0 Å². The molecule has 9 heteroatoms. The van der Waals surface area contributed by atoms with E-state index in [2.05, 4.69) is 9.82 Å². The molecule has 1 saturated heterocycles. The lowest BCUT2D eigenvalue weighted by molar-refractivity contribution is -0.140. The second-order valence-electron chi connectivity index (χ2n) is 6.48. The summed E-state index contributed by atoms with van der Waals surface area (Å²) in [6.45, 7) is 2.75. The third-order valence-electron chi connectivity index (χ3n) is 4.61. The maximum atomic E-state index is 12.8. The Hall–Kier alpha value is -1.45. The molecule has 0 aliphatic carbocycles. The summed E-state index contributed by atoms with van der Waals surface area (Å²) in [5.74, 6) is 0.204. The summed E-state index contributed by atoms with van der Waals surface area (Å²) in [7, 11) is -3.21. The molecule has 24 heavy (non-hydrogen) atoms. The monoisotopic (exact) mass is 356 g/mol. The van der Waals surface area contributed by atoms with Crippen molar-refractivity contribution in [3.05, 3.63) is 18.0 Å². The van der Waals surface area contributed by atoms with Crippen LogP contribution in [0.3, 0.4) is 0 Å². The summed E-state index contributed by atoms with van der Waals surface area (Å²) in [4.78, 5) is 14.7. The molecular formula is C15H24N4O4S. The van der Waals surface area contributed by atoms with Gasteiger partial charge in [-0.05, 0) is 25.3 Å². The summed E-state index contributed by atoms with van der Waals surface area (Å²) in [5.41, 5.74) is 0.992. The molecular weight excluding hydrogens is 332 g/mol. The van der Waals surface area contributed by atoms with Crippen molar-refractivity contribution in [1.82, 2.24) is 19.4 Å². The summed E-state index contributed by atoms with van der Waals surface area (Å²) in [6, 6.07) is 1.90. The fraction of sp³-hybridized carbons (Fsp3) is 0.733. The zero-order valence-corrected chi connectivity index (χ0v) is 14.7. The fourth-order valence-corrected chi connectivity index (χ4v) is 3.87. The van der Waals surface area contributed by atoms with Gasteiger partial charge in [-0.1, -0.05) is 0 Å². The van der Waals surface area contributed by atoms with Crippen molar-refractivity contribution in [2.24, 2.45) is 5.92 Å². The standard InChI is InChI=1S/C15H24N4O4S/c1-24(21,22)17-7-3-14-11-18(10-13-2-6-16-19(13)14)15(20)12-4-8-23-9-5-12/h2,6,12,14,17H,3-5,7-11H2,1H3. The second kappa shape index (κ2) is 7.20. The van der Waals surface area contributed by atoms with Crippen LogP contribution in [-0.2, 0) is 26.1 Å². The van der Waals surface area contributed by atoms with Gasteiger partial charge in [-0.25, -0.2) is 13.1 Å². The molecule has 0 radical (unpaired) electrons. The van der Waals surface area contributed by atoms with E-state index in [1.165, 1.54) is 0 Å². The second-order valence-corrected chi connectivity index (χ2v) is 8.31. The highest BCUT2D eigenvalue weighted by molar-refractivity contribution is 7.88. The number of aromatic nitrogens is 2. The molecule has 0 bridgehead atoms. The minimum Gasteiger partial charge on any atom is -0.381 e. The van der Waals surface area contributed by atoms with Gasteiger partial charge in [-0.15, -0.1) is 0 Å². The van der Waals surface area contributed by atoms with Gasteiger partial charge in [0.05, 0.1) is 24.5 Å². The molecule has 3 rings (SSSR count). The minimum atomic E-state index is -3.21. The molecule has 1 aromatic rings. The first-order valence-corrected chi connectivity index (χ1v) is 10.2. The first-order valence-electron chi connectivity index (χ1n) is 8.27. The van der Waals surface area contributed by atoms with E-state index in [1.807, 2.05) is 15.6 Å². The van der Waals surface area contributed by atoms with Gasteiger partial charge in [0, 0.05) is 38.4 Å². The van der Waals surface area contributed by atoms with Crippen LogP contribution in [0.4, 0.5) is 0 Å². The maximum Gasteiger partial charge on any atom is 0.226 e. The highest BCUT2D eigenvalue weighted by Gasteiger charge is 2.32. The summed E-state index contributed by atoms with van der Waals surface area (Å²) >= 11 is 0. The van der Waals surface area contributed by atoms with E-state index in [1.54, 1.807) is 6.20 Å². The van der Waals surface area contributed by atoms with E-state index in [0.29, 0.717) is 39.3 Å².